The molecular formula is C54H36BN3S2. The van der Waals surface area contributed by atoms with Crippen molar-refractivity contribution in [2.45, 2.75) is 26.2 Å². The van der Waals surface area contributed by atoms with Gasteiger partial charge in [0.05, 0.1) is 33.8 Å². The Bertz CT molecular complexity index is 3680. The molecule has 3 aliphatic heterocycles. The van der Waals surface area contributed by atoms with E-state index >= 15 is 0 Å². The molecule has 0 fully saturated rings. The molecule has 0 radical (unpaired) electrons. The maximum atomic E-state index is 2.65. The van der Waals surface area contributed by atoms with Crippen LogP contribution >= 0.6 is 22.7 Å². The fourth-order valence-corrected chi connectivity index (χ4v) is 13.2. The van der Waals surface area contributed by atoms with Gasteiger partial charge in [0.2, 0.25) is 0 Å². The molecule has 0 amide bonds. The van der Waals surface area contributed by atoms with Gasteiger partial charge in [0, 0.05) is 62.9 Å². The number of benzene rings is 8. The summed E-state index contributed by atoms with van der Waals surface area (Å²) in [7, 11) is 0. The van der Waals surface area contributed by atoms with Gasteiger partial charge >= 0.3 is 0 Å². The number of fused-ring (bicyclic) bond motifs is 14. The van der Waals surface area contributed by atoms with Crippen molar-refractivity contribution in [2.75, 3.05) is 9.80 Å². The van der Waals surface area contributed by atoms with Gasteiger partial charge in [-0.1, -0.05) is 124 Å². The van der Waals surface area contributed by atoms with E-state index in [1.807, 2.05) is 22.7 Å². The molecule has 8 aromatic carbocycles. The van der Waals surface area contributed by atoms with Crippen LogP contribution in [0.2, 0.25) is 0 Å². The summed E-state index contributed by atoms with van der Waals surface area (Å²) in [5.74, 6) is 0. The lowest BCUT2D eigenvalue weighted by Crippen LogP contribution is -2.61. The molecule has 282 valence electrons. The molecule has 0 bridgehead atoms. The van der Waals surface area contributed by atoms with Crippen molar-refractivity contribution in [1.29, 1.82) is 0 Å². The van der Waals surface area contributed by atoms with E-state index in [0.29, 0.717) is 0 Å². The van der Waals surface area contributed by atoms with E-state index in [2.05, 4.69) is 199 Å². The summed E-state index contributed by atoms with van der Waals surface area (Å²) in [6.45, 7) is 7.15. The molecule has 0 atom stereocenters. The zero-order chi connectivity index (χ0) is 39.6. The predicted molar refractivity (Wildman–Crippen MR) is 261 cm³/mol. The number of anilines is 6. The molecule has 3 nitrogen and oxygen atoms in total. The van der Waals surface area contributed by atoms with Crippen LogP contribution < -0.4 is 25.5 Å². The fourth-order valence-electron chi connectivity index (χ4n) is 10.7. The number of thiophene rings is 2. The van der Waals surface area contributed by atoms with E-state index in [9.17, 15) is 0 Å². The topological polar surface area (TPSA) is 11.4 Å². The van der Waals surface area contributed by atoms with Crippen LogP contribution in [-0.2, 0) is 5.41 Å². The molecule has 0 unspecified atom stereocenters. The first kappa shape index (κ1) is 33.3. The Morgan fingerprint density at radius 2 is 1.18 bits per heavy atom. The Hall–Kier alpha value is -6.60. The van der Waals surface area contributed by atoms with Gasteiger partial charge < -0.3 is 14.4 Å². The summed E-state index contributed by atoms with van der Waals surface area (Å²) in [6, 6.07) is 62.0. The second kappa shape index (κ2) is 11.6. The van der Waals surface area contributed by atoms with E-state index in [0.717, 1.165) is 0 Å². The molecule has 60 heavy (non-hydrogen) atoms. The Morgan fingerprint density at radius 3 is 2.05 bits per heavy atom. The number of aromatic nitrogens is 1. The average Bonchev–Trinajstić information content (AvgIpc) is 3.95. The van der Waals surface area contributed by atoms with Gasteiger partial charge in [0.15, 0.2) is 0 Å². The van der Waals surface area contributed by atoms with Gasteiger partial charge in [-0.25, -0.2) is 0 Å². The average molecular weight is 802 g/mol. The van der Waals surface area contributed by atoms with Crippen molar-refractivity contribution in [3.8, 4) is 16.8 Å². The Kier molecular flexibility index (Phi) is 6.41. The summed E-state index contributed by atoms with van der Waals surface area (Å²) >= 11 is 3.87. The van der Waals surface area contributed by atoms with Gasteiger partial charge in [0.25, 0.3) is 6.71 Å². The minimum atomic E-state index is -0.101. The van der Waals surface area contributed by atoms with Crippen LogP contribution in [0.4, 0.5) is 34.1 Å². The lowest BCUT2D eigenvalue weighted by atomic mass is 9.36. The van der Waals surface area contributed by atoms with Crippen LogP contribution in [0.1, 0.15) is 26.3 Å². The Morgan fingerprint density at radius 1 is 0.467 bits per heavy atom. The van der Waals surface area contributed by atoms with Crippen molar-refractivity contribution >= 4 is 131 Å². The number of rotatable bonds is 2. The van der Waals surface area contributed by atoms with Crippen LogP contribution in [0.25, 0.3) is 68.9 Å². The van der Waals surface area contributed by atoms with E-state index in [-0.39, 0.29) is 12.1 Å². The van der Waals surface area contributed by atoms with Crippen molar-refractivity contribution in [1.82, 2.24) is 4.57 Å². The maximum absolute atomic E-state index is 2.65. The van der Waals surface area contributed by atoms with Crippen LogP contribution in [0.15, 0.2) is 164 Å². The van der Waals surface area contributed by atoms with Crippen molar-refractivity contribution in [3.63, 3.8) is 0 Å². The number of nitrogens with zero attached hydrogens (tertiary/aromatic N) is 3. The summed E-state index contributed by atoms with van der Waals surface area (Å²) < 4.78 is 7.90. The van der Waals surface area contributed by atoms with Crippen LogP contribution in [-0.4, -0.2) is 11.3 Å². The van der Waals surface area contributed by atoms with E-state index in [1.165, 1.54) is 124 Å². The molecule has 0 saturated heterocycles. The van der Waals surface area contributed by atoms with Crippen LogP contribution in [0.3, 0.4) is 0 Å². The second-order valence-corrected chi connectivity index (χ2v) is 19.9. The van der Waals surface area contributed by atoms with Crippen LogP contribution in [0.5, 0.6) is 0 Å². The third-order valence-corrected chi connectivity index (χ3v) is 15.8. The van der Waals surface area contributed by atoms with E-state index in [4.69, 9.17) is 0 Å². The maximum Gasteiger partial charge on any atom is 0.264 e. The molecular weight excluding hydrogens is 766 g/mol. The monoisotopic (exact) mass is 801 g/mol. The third-order valence-electron chi connectivity index (χ3n) is 13.4. The molecule has 0 saturated carbocycles. The summed E-state index contributed by atoms with van der Waals surface area (Å²) in [4.78, 5) is 5.28. The van der Waals surface area contributed by atoms with Gasteiger partial charge in [-0.2, -0.15) is 0 Å². The SMILES string of the molecule is CC(C)(C)c1cc2c3c(c1)N1c4c(cccc4-n4c5ccccc5c5cccc1c54)B3c1sc3ccc(-c4ccccc4)cc3c1N2c1ccc2c(c1)sc1ccccc12. The fraction of sp³-hybridized carbons (Fsp3) is 0.0741. The molecule has 0 spiro atoms. The van der Waals surface area contributed by atoms with Gasteiger partial charge in [-0.15, -0.1) is 22.7 Å². The minimum Gasteiger partial charge on any atom is -0.310 e. The largest absolute Gasteiger partial charge is 0.310 e. The molecule has 6 heteroatoms. The number of hydrogen-bond acceptors (Lipinski definition) is 4. The highest BCUT2D eigenvalue weighted by atomic mass is 32.1. The van der Waals surface area contributed by atoms with Crippen molar-refractivity contribution in [3.05, 3.63) is 169 Å². The normalized spacial score (nSPS) is 13.8. The first-order valence-electron chi connectivity index (χ1n) is 20.9. The summed E-state index contributed by atoms with van der Waals surface area (Å²) in [6.07, 6.45) is 0. The number of para-hydroxylation sites is 3. The van der Waals surface area contributed by atoms with Gasteiger partial charge in [0.1, 0.15) is 0 Å². The predicted octanol–water partition coefficient (Wildman–Crippen LogP) is 13.7. The summed E-state index contributed by atoms with van der Waals surface area (Å²) in [5.41, 5.74) is 17.8. The van der Waals surface area contributed by atoms with Crippen LogP contribution in [0, 0.1) is 0 Å². The van der Waals surface area contributed by atoms with Crippen molar-refractivity contribution in [2.24, 2.45) is 0 Å². The molecule has 3 aromatic heterocycles. The van der Waals surface area contributed by atoms with Gasteiger partial charge in [-0.05, 0) is 93.7 Å². The molecule has 0 N–H and O–H groups in total. The quantitative estimate of drug-likeness (QED) is 0.161. The highest BCUT2D eigenvalue weighted by molar-refractivity contribution is 7.33. The highest BCUT2D eigenvalue weighted by Gasteiger charge is 2.48. The zero-order valence-corrected chi connectivity index (χ0v) is 35.0. The van der Waals surface area contributed by atoms with E-state index in [1.54, 1.807) is 0 Å². The Labute approximate surface area is 356 Å². The standard InChI is InChI=1S/C54H36BN3S2/c1-54(2,3)33-28-44-49-45(29-33)58-42-20-11-17-38-35-15-7-9-19-41(35)57(50(38)42)43-21-12-18-40(52(43)58)55(49)53-51(39-27-32(23-26-47(39)60-53)31-13-5-4-6-14-31)56(44)34-24-25-37-36-16-8-10-22-46(36)59-48(37)30-34/h4-30H,1-3H3. The highest BCUT2D eigenvalue weighted by Crippen LogP contribution is 2.54. The first-order valence-corrected chi connectivity index (χ1v) is 22.5. The Balaban J connectivity index is 1.14. The third kappa shape index (κ3) is 4.24. The van der Waals surface area contributed by atoms with Crippen molar-refractivity contribution < 1.29 is 0 Å². The lowest BCUT2D eigenvalue weighted by Gasteiger charge is -2.46. The molecule has 14 rings (SSSR count). The zero-order valence-electron chi connectivity index (χ0n) is 33.3. The molecule has 3 aliphatic rings. The first-order chi connectivity index (χ1) is 29.4. The lowest BCUT2D eigenvalue weighted by molar-refractivity contribution is 0.590. The van der Waals surface area contributed by atoms with E-state index < -0.39 is 0 Å². The number of hydrogen-bond donors (Lipinski definition) is 0. The second-order valence-electron chi connectivity index (χ2n) is 17.7. The molecule has 11 aromatic rings. The van der Waals surface area contributed by atoms with Gasteiger partial charge in [-0.3, -0.25) is 0 Å². The molecule has 0 aliphatic carbocycles. The summed E-state index contributed by atoms with van der Waals surface area (Å²) in [5, 5.41) is 6.53. The molecule has 6 heterocycles. The minimum absolute atomic E-state index is 0.0506. The smallest absolute Gasteiger partial charge is 0.264 e.